The maximum Gasteiger partial charge on any atom is 0.410 e. The summed E-state index contributed by atoms with van der Waals surface area (Å²) in [6.07, 6.45) is -1.10. The number of carbonyl (C=O) groups is 4. The van der Waals surface area contributed by atoms with Gasteiger partial charge >= 0.3 is 18.0 Å². The number of carbonyl (C=O) groups excluding carboxylic acids is 4. The highest BCUT2D eigenvalue weighted by molar-refractivity contribution is 6.06. The molecular weight excluding hydrogens is 354 g/mol. The molecule has 27 heavy (non-hydrogen) atoms. The molecule has 1 aliphatic heterocycles. The van der Waals surface area contributed by atoms with E-state index in [4.69, 9.17) is 14.2 Å². The monoisotopic (exact) mass is 377 g/mol. The number of hydrogen-bond donors (Lipinski definition) is 0. The van der Waals surface area contributed by atoms with Crippen molar-refractivity contribution in [3.63, 3.8) is 0 Å². The molecule has 0 radical (unpaired) electrons. The van der Waals surface area contributed by atoms with Crippen molar-refractivity contribution in [3.05, 3.63) is 35.9 Å². The summed E-state index contributed by atoms with van der Waals surface area (Å²) >= 11 is 0. The summed E-state index contributed by atoms with van der Waals surface area (Å²) in [6.45, 7) is 3.36. The second kappa shape index (κ2) is 9.70. The number of likely N-dealkylation sites (tertiary alicyclic amines) is 1. The van der Waals surface area contributed by atoms with Crippen LogP contribution in [0.25, 0.3) is 0 Å². The van der Waals surface area contributed by atoms with Crippen molar-refractivity contribution in [2.24, 2.45) is 5.92 Å². The van der Waals surface area contributed by atoms with E-state index in [0.29, 0.717) is 0 Å². The predicted molar refractivity (Wildman–Crippen MR) is 93.5 cm³/mol. The number of ether oxygens (including phenoxy) is 3. The average molecular weight is 377 g/mol. The lowest BCUT2D eigenvalue weighted by Crippen LogP contribution is -2.40. The molecule has 1 heterocycles. The van der Waals surface area contributed by atoms with E-state index in [-0.39, 0.29) is 32.8 Å². The molecule has 1 aromatic rings. The van der Waals surface area contributed by atoms with Crippen molar-refractivity contribution in [1.82, 2.24) is 4.90 Å². The van der Waals surface area contributed by atoms with Crippen LogP contribution in [-0.2, 0) is 35.2 Å². The molecule has 0 saturated carbocycles. The van der Waals surface area contributed by atoms with Gasteiger partial charge in [0.05, 0.1) is 19.6 Å². The lowest BCUT2D eigenvalue weighted by atomic mass is 10.0. The molecule has 8 heteroatoms. The Kier molecular flexibility index (Phi) is 7.34. The highest BCUT2D eigenvalue weighted by Crippen LogP contribution is 2.25. The summed E-state index contributed by atoms with van der Waals surface area (Å²) in [5.41, 5.74) is 0.778. The number of nitrogens with zero attached hydrogens (tertiary/aromatic N) is 1. The second-order valence-electron chi connectivity index (χ2n) is 5.92. The van der Waals surface area contributed by atoms with Crippen LogP contribution in [0.15, 0.2) is 30.3 Å². The van der Waals surface area contributed by atoms with Gasteiger partial charge in [-0.25, -0.2) is 4.79 Å². The Morgan fingerprint density at radius 1 is 1.04 bits per heavy atom. The Morgan fingerprint density at radius 3 is 2.33 bits per heavy atom. The van der Waals surface area contributed by atoms with Crippen LogP contribution in [0.2, 0.25) is 0 Å². The molecule has 8 nitrogen and oxygen atoms in total. The van der Waals surface area contributed by atoms with E-state index in [1.54, 1.807) is 26.0 Å². The van der Waals surface area contributed by atoms with E-state index < -0.39 is 35.8 Å². The number of esters is 2. The summed E-state index contributed by atoms with van der Waals surface area (Å²) in [5.74, 6) is -3.01. The van der Waals surface area contributed by atoms with Crippen LogP contribution in [0.1, 0.15) is 25.8 Å². The maximum atomic E-state index is 12.6. The topological polar surface area (TPSA) is 99.2 Å². The van der Waals surface area contributed by atoms with Crippen molar-refractivity contribution < 1.29 is 33.4 Å². The van der Waals surface area contributed by atoms with Crippen molar-refractivity contribution in [2.45, 2.75) is 32.9 Å². The second-order valence-corrected chi connectivity index (χ2v) is 5.92. The standard InChI is InChI=1S/C19H23NO7/c1-3-25-16(21)10-15-17(22)14(18(23)26-4-2)11-20(15)19(24)27-12-13-8-6-5-7-9-13/h5-9,14-15H,3-4,10-12H2,1-2H3. The summed E-state index contributed by atoms with van der Waals surface area (Å²) < 4.78 is 15.0. The Labute approximate surface area is 157 Å². The lowest BCUT2D eigenvalue weighted by Gasteiger charge is -2.22. The van der Waals surface area contributed by atoms with E-state index in [2.05, 4.69) is 0 Å². The quantitative estimate of drug-likeness (QED) is 0.405. The molecule has 2 atom stereocenters. The van der Waals surface area contributed by atoms with Crippen LogP contribution in [0.4, 0.5) is 4.79 Å². The smallest absolute Gasteiger partial charge is 0.410 e. The van der Waals surface area contributed by atoms with Gasteiger partial charge in [0.1, 0.15) is 18.6 Å². The van der Waals surface area contributed by atoms with E-state index in [9.17, 15) is 19.2 Å². The predicted octanol–water partition coefficient (Wildman–Crippen LogP) is 1.71. The zero-order valence-electron chi connectivity index (χ0n) is 15.4. The van der Waals surface area contributed by atoms with Gasteiger partial charge in [-0.2, -0.15) is 0 Å². The summed E-state index contributed by atoms with van der Waals surface area (Å²) in [6, 6.07) is 7.93. The fourth-order valence-electron chi connectivity index (χ4n) is 2.83. The molecule has 0 bridgehead atoms. The fraction of sp³-hybridized carbons (Fsp3) is 0.474. The molecule has 0 aliphatic carbocycles. The zero-order valence-corrected chi connectivity index (χ0v) is 15.4. The molecule has 1 saturated heterocycles. The van der Waals surface area contributed by atoms with Crippen LogP contribution in [-0.4, -0.2) is 54.5 Å². The largest absolute Gasteiger partial charge is 0.466 e. The minimum absolute atomic E-state index is 0.0144. The number of rotatable bonds is 7. The third-order valence-corrected chi connectivity index (χ3v) is 4.10. The first-order valence-electron chi connectivity index (χ1n) is 8.81. The lowest BCUT2D eigenvalue weighted by molar-refractivity contribution is -0.151. The Hall–Kier alpha value is -2.90. The summed E-state index contributed by atoms with van der Waals surface area (Å²) in [4.78, 5) is 50.0. The number of amides is 1. The minimum Gasteiger partial charge on any atom is -0.466 e. The van der Waals surface area contributed by atoms with Crippen molar-refractivity contribution in [2.75, 3.05) is 19.8 Å². The third-order valence-electron chi connectivity index (χ3n) is 4.10. The maximum absolute atomic E-state index is 12.6. The molecule has 2 unspecified atom stereocenters. The van der Waals surface area contributed by atoms with Gasteiger partial charge in [-0.05, 0) is 19.4 Å². The van der Waals surface area contributed by atoms with E-state index in [1.807, 2.05) is 18.2 Å². The van der Waals surface area contributed by atoms with Gasteiger partial charge in [0.25, 0.3) is 0 Å². The normalized spacial score (nSPS) is 18.9. The summed E-state index contributed by atoms with van der Waals surface area (Å²) in [7, 11) is 0. The van der Waals surface area contributed by atoms with E-state index >= 15 is 0 Å². The third kappa shape index (κ3) is 5.29. The van der Waals surface area contributed by atoms with Crippen LogP contribution < -0.4 is 0 Å². The first kappa shape index (κ1) is 20.4. The van der Waals surface area contributed by atoms with Gasteiger partial charge in [-0.1, -0.05) is 30.3 Å². The number of hydrogen-bond acceptors (Lipinski definition) is 7. The molecule has 1 aliphatic rings. The first-order valence-corrected chi connectivity index (χ1v) is 8.81. The molecule has 2 rings (SSSR count). The highest BCUT2D eigenvalue weighted by atomic mass is 16.6. The van der Waals surface area contributed by atoms with Gasteiger partial charge in [0.2, 0.25) is 0 Å². The molecule has 146 valence electrons. The van der Waals surface area contributed by atoms with Gasteiger partial charge in [0.15, 0.2) is 5.78 Å². The molecule has 0 spiro atoms. The molecule has 1 fully saturated rings. The number of ketones is 1. The highest BCUT2D eigenvalue weighted by Gasteiger charge is 2.48. The van der Waals surface area contributed by atoms with Gasteiger partial charge in [-0.15, -0.1) is 0 Å². The zero-order chi connectivity index (χ0) is 19.8. The summed E-state index contributed by atoms with van der Waals surface area (Å²) in [5, 5.41) is 0. The van der Waals surface area contributed by atoms with E-state index in [0.717, 1.165) is 10.5 Å². The fourth-order valence-corrected chi connectivity index (χ4v) is 2.83. The van der Waals surface area contributed by atoms with Crippen LogP contribution >= 0.6 is 0 Å². The number of benzene rings is 1. The molecular formula is C19H23NO7. The number of Topliss-reactive ketones (excluding diaryl/α,β-unsaturated/α-hetero) is 1. The van der Waals surface area contributed by atoms with Gasteiger partial charge < -0.3 is 14.2 Å². The Balaban J connectivity index is 2.10. The average Bonchev–Trinajstić information content (AvgIpc) is 2.98. The van der Waals surface area contributed by atoms with Crippen LogP contribution in [0, 0.1) is 5.92 Å². The van der Waals surface area contributed by atoms with Gasteiger partial charge in [-0.3, -0.25) is 19.3 Å². The Morgan fingerprint density at radius 2 is 1.70 bits per heavy atom. The molecule has 1 amide bonds. The minimum atomic E-state index is -1.13. The first-order chi connectivity index (χ1) is 13.0. The molecule has 0 aromatic heterocycles. The van der Waals surface area contributed by atoms with Gasteiger partial charge in [0, 0.05) is 6.54 Å². The van der Waals surface area contributed by atoms with Crippen molar-refractivity contribution in [1.29, 1.82) is 0 Å². The van der Waals surface area contributed by atoms with Crippen molar-refractivity contribution in [3.8, 4) is 0 Å². The SMILES string of the molecule is CCOC(=O)CC1C(=O)C(C(=O)OCC)CN1C(=O)OCc1ccccc1. The van der Waals surface area contributed by atoms with Crippen molar-refractivity contribution >= 4 is 23.8 Å². The van der Waals surface area contributed by atoms with E-state index in [1.165, 1.54) is 0 Å². The molecule has 1 aromatic carbocycles. The molecule has 0 N–H and O–H groups in total. The van der Waals surface area contributed by atoms with Crippen LogP contribution in [0.3, 0.4) is 0 Å². The Bertz CT molecular complexity index is 689. The van der Waals surface area contributed by atoms with Crippen LogP contribution in [0.5, 0.6) is 0 Å².